The third-order valence-electron chi connectivity index (χ3n) is 4.91. The highest BCUT2D eigenvalue weighted by Crippen LogP contribution is 2.39. The van der Waals surface area contributed by atoms with Crippen LogP contribution < -0.4 is 10.6 Å². The molecule has 32 heavy (non-hydrogen) atoms. The van der Waals surface area contributed by atoms with Crippen LogP contribution in [0.4, 0.5) is 4.79 Å². The van der Waals surface area contributed by atoms with Crippen molar-refractivity contribution in [3.63, 3.8) is 0 Å². The van der Waals surface area contributed by atoms with Crippen molar-refractivity contribution in [1.82, 2.24) is 10.6 Å². The third kappa shape index (κ3) is 7.29. The van der Waals surface area contributed by atoms with Gasteiger partial charge in [0.05, 0.1) is 19.6 Å². The van der Waals surface area contributed by atoms with Crippen molar-refractivity contribution in [1.29, 1.82) is 0 Å². The summed E-state index contributed by atoms with van der Waals surface area (Å²) in [7, 11) is 2.78. The van der Waals surface area contributed by atoms with Gasteiger partial charge in [0.15, 0.2) is 12.1 Å². The van der Waals surface area contributed by atoms with E-state index < -0.39 is 60.1 Å². The molecule has 0 radical (unpaired) electrons. The van der Waals surface area contributed by atoms with Gasteiger partial charge in [-0.25, -0.2) is 4.79 Å². The lowest BCUT2D eigenvalue weighted by Gasteiger charge is -2.31. The minimum atomic E-state index is -0.841. The first-order valence-electron chi connectivity index (χ1n) is 10.6. The van der Waals surface area contributed by atoms with Gasteiger partial charge in [0.25, 0.3) is 0 Å². The molecule has 2 fully saturated rings. The molecule has 2 rings (SSSR count). The lowest BCUT2D eigenvalue weighted by molar-refractivity contribution is -0.220. The third-order valence-corrected chi connectivity index (χ3v) is 4.91. The van der Waals surface area contributed by atoms with Crippen molar-refractivity contribution in [2.24, 2.45) is 0 Å². The Hall–Kier alpha value is -1.95. The Morgan fingerprint density at radius 3 is 2.28 bits per heavy atom. The van der Waals surface area contributed by atoms with Gasteiger partial charge in [-0.2, -0.15) is 0 Å². The van der Waals surface area contributed by atoms with Gasteiger partial charge in [-0.15, -0.1) is 0 Å². The highest BCUT2D eigenvalue weighted by molar-refractivity contribution is 5.79. The first-order chi connectivity index (χ1) is 14.7. The summed E-state index contributed by atoms with van der Waals surface area (Å²) in [6, 6.07) is -1.26. The van der Waals surface area contributed by atoms with E-state index >= 15 is 0 Å². The van der Waals surface area contributed by atoms with Gasteiger partial charge < -0.3 is 39.1 Å². The molecule has 0 saturated carbocycles. The average Bonchev–Trinajstić information content (AvgIpc) is 3.10. The molecule has 0 aromatic carbocycles. The SMILES string of the molecule is COC(=O)C[C@@H](C)NC(=O)C[C@@H](NC(=O)OC(C)(C)C)[C@H]1O[C@@H]2OC(C)(C)O[C@@H]2[C@H]1OC. The fourth-order valence-electron chi connectivity index (χ4n) is 3.72. The number of ether oxygens (including phenoxy) is 6. The number of amides is 2. The standard InChI is InChI=1S/C21H36N2O9/c1-11(9-14(25)27-7)22-13(24)10-12(23-19(26)32-20(2,3)4)15-16(28-8)17-18(29-15)31-21(5,6)30-17/h11-12,15-18H,9-10H2,1-8H3,(H,22,24)(H,23,26)/t11-,12-,15-,16+,17-,18-/m1/s1. The van der Waals surface area contributed by atoms with E-state index in [1.807, 2.05) is 0 Å². The van der Waals surface area contributed by atoms with E-state index in [1.165, 1.54) is 14.2 Å². The van der Waals surface area contributed by atoms with Crippen LogP contribution in [-0.2, 0) is 38.0 Å². The first kappa shape index (κ1) is 26.3. The number of hydrogen-bond donors (Lipinski definition) is 2. The zero-order chi connectivity index (χ0) is 24.3. The van der Waals surface area contributed by atoms with Crippen molar-refractivity contribution < 1.29 is 42.8 Å². The monoisotopic (exact) mass is 460 g/mol. The Morgan fingerprint density at radius 1 is 1.06 bits per heavy atom. The molecule has 2 N–H and O–H groups in total. The summed E-state index contributed by atoms with van der Waals surface area (Å²) >= 11 is 0. The normalized spacial score (nSPS) is 28.4. The number of hydrogen-bond acceptors (Lipinski definition) is 9. The average molecular weight is 461 g/mol. The summed E-state index contributed by atoms with van der Waals surface area (Å²) in [5.74, 6) is -1.67. The smallest absolute Gasteiger partial charge is 0.407 e. The lowest BCUT2D eigenvalue weighted by Crippen LogP contribution is -2.53. The Bertz CT molecular complexity index is 691. The van der Waals surface area contributed by atoms with Crippen LogP contribution in [0.2, 0.25) is 0 Å². The summed E-state index contributed by atoms with van der Waals surface area (Å²) in [6.07, 6.45) is -3.38. The second-order valence-electron chi connectivity index (χ2n) is 9.48. The minimum Gasteiger partial charge on any atom is -0.469 e. The highest BCUT2D eigenvalue weighted by atomic mass is 16.8. The predicted molar refractivity (Wildman–Crippen MR) is 112 cm³/mol. The molecule has 11 heteroatoms. The lowest BCUT2D eigenvalue weighted by atomic mass is 10.00. The number of nitrogens with one attached hydrogen (secondary N) is 2. The maximum absolute atomic E-state index is 12.7. The number of alkyl carbamates (subject to hydrolysis) is 1. The summed E-state index contributed by atoms with van der Waals surface area (Å²) in [5, 5.41) is 5.44. The Labute approximate surface area is 188 Å². The molecule has 2 amide bonds. The molecule has 0 aliphatic carbocycles. The molecule has 0 bridgehead atoms. The summed E-state index contributed by atoms with van der Waals surface area (Å²) < 4.78 is 33.3. The van der Waals surface area contributed by atoms with Crippen LogP contribution in [0, 0.1) is 0 Å². The molecule has 184 valence electrons. The predicted octanol–water partition coefficient (Wildman–Crippen LogP) is 1.23. The van der Waals surface area contributed by atoms with Crippen molar-refractivity contribution in [2.45, 2.75) is 102 Å². The fraction of sp³-hybridized carbons (Fsp3) is 0.857. The van der Waals surface area contributed by atoms with Gasteiger partial charge in [0, 0.05) is 19.6 Å². The molecule has 0 unspecified atom stereocenters. The fourth-order valence-corrected chi connectivity index (χ4v) is 3.72. The molecular formula is C21H36N2O9. The van der Waals surface area contributed by atoms with E-state index in [2.05, 4.69) is 15.4 Å². The molecule has 0 aromatic heterocycles. The zero-order valence-electron chi connectivity index (χ0n) is 20.1. The summed E-state index contributed by atoms with van der Waals surface area (Å²) in [6.45, 7) is 10.4. The van der Waals surface area contributed by atoms with Crippen LogP contribution in [0.5, 0.6) is 0 Å². The Morgan fingerprint density at radius 2 is 1.72 bits per heavy atom. The maximum Gasteiger partial charge on any atom is 0.407 e. The number of carbonyl (C=O) groups excluding carboxylic acids is 3. The van der Waals surface area contributed by atoms with E-state index in [9.17, 15) is 14.4 Å². The van der Waals surface area contributed by atoms with E-state index in [0.717, 1.165) is 0 Å². The molecule has 0 aromatic rings. The topological polar surface area (TPSA) is 131 Å². The molecule has 2 aliphatic rings. The Kier molecular flexibility index (Phi) is 8.49. The number of rotatable bonds is 8. The molecule has 6 atom stereocenters. The van der Waals surface area contributed by atoms with Crippen molar-refractivity contribution in [3.8, 4) is 0 Å². The second kappa shape index (κ2) is 10.3. The largest absolute Gasteiger partial charge is 0.469 e. The second-order valence-corrected chi connectivity index (χ2v) is 9.48. The van der Waals surface area contributed by atoms with E-state index in [0.29, 0.717) is 0 Å². The van der Waals surface area contributed by atoms with Gasteiger partial charge in [0.1, 0.15) is 23.9 Å². The van der Waals surface area contributed by atoms with Crippen LogP contribution in [-0.4, -0.2) is 80.3 Å². The van der Waals surface area contributed by atoms with E-state index in [-0.39, 0.29) is 18.7 Å². The van der Waals surface area contributed by atoms with Crippen LogP contribution >= 0.6 is 0 Å². The quantitative estimate of drug-likeness (QED) is 0.514. The molecule has 0 spiro atoms. The van der Waals surface area contributed by atoms with Crippen LogP contribution in [0.1, 0.15) is 54.4 Å². The van der Waals surface area contributed by atoms with Gasteiger partial charge in [-0.3, -0.25) is 9.59 Å². The molecule has 2 saturated heterocycles. The number of esters is 1. The number of fused-ring (bicyclic) bond motifs is 1. The van der Waals surface area contributed by atoms with Gasteiger partial charge in [-0.1, -0.05) is 0 Å². The van der Waals surface area contributed by atoms with Crippen LogP contribution in [0.25, 0.3) is 0 Å². The highest BCUT2D eigenvalue weighted by Gasteiger charge is 2.57. The van der Waals surface area contributed by atoms with E-state index in [1.54, 1.807) is 41.5 Å². The number of carbonyl (C=O) groups is 3. The molecular weight excluding hydrogens is 424 g/mol. The summed E-state index contributed by atoms with van der Waals surface area (Å²) in [4.78, 5) is 36.6. The summed E-state index contributed by atoms with van der Waals surface area (Å²) in [5.41, 5.74) is -0.726. The van der Waals surface area contributed by atoms with Crippen LogP contribution in [0.15, 0.2) is 0 Å². The molecule has 2 heterocycles. The van der Waals surface area contributed by atoms with Gasteiger partial charge in [-0.05, 0) is 41.5 Å². The van der Waals surface area contributed by atoms with Crippen LogP contribution in [0.3, 0.4) is 0 Å². The van der Waals surface area contributed by atoms with Gasteiger partial charge >= 0.3 is 12.1 Å². The Balaban J connectivity index is 2.13. The van der Waals surface area contributed by atoms with Gasteiger partial charge in [0.2, 0.25) is 5.91 Å². The van der Waals surface area contributed by atoms with Crippen molar-refractivity contribution in [2.75, 3.05) is 14.2 Å². The van der Waals surface area contributed by atoms with Crippen molar-refractivity contribution >= 4 is 18.0 Å². The first-order valence-corrected chi connectivity index (χ1v) is 10.6. The molecule has 11 nitrogen and oxygen atoms in total. The minimum absolute atomic E-state index is 0.0218. The van der Waals surface area contributed by atoms with E-state index in [4.69, 9.17) is 23.7 Å². The maximum atomic E-state index is 12.7. The number of methoxy groups -OCH3 is 2. The van der Waals surface area contributed by atoms with Crippen molar-refractivity contribution in [3.05, 3.63) is 0 Å². The molecule has 2 aliphatic heterocycles. The zero-order valence-corrected chi connectivity index (χ0v) is 20.1.